The first-order valence-corrected chi connectivity index (χ1v) is 6.64. The predicted molar refractivity (Wildman–Crippen MR) is 73.1 cm³/mol. The van der Waals surface area contributed by atoms with Crippen molar-refractivity contribution < 1.29 is 4.79 Å². The summed E-state index contributed by atoms with van der Waals surface area (Å²) in [6.45, 7) is 6.34. The third kappa shape index (κ3) is 2.15. The van der Waals surface area contributed by atoms with Gasteiger partial charge in [-0.2, -0.15) is 0 Å². The van der Waals surface area contributed by atoms with Crippen molar-refractivity contribution >= 4 is 5.91 Å². The van der Waals surface area contributed by atoms with E-state index in [0.29, 0.717) is 5.92 Å². The van der Waals surface area contributed by atoms with E-state index in [9.17, 15) is 4.79 Å². The van der Waals surface area contributed by atoms with Gasteiger partial charge in [-0.3, -0.25) is 10.1 Å². The normalized spacial score (nSPS) is 25.6. The Morgan fingerprint density at radius 1 is 1.39 bits per heavy atom. The maximum atomic E-state index is 12.3. The molecule has 1 aromatic carbocycles. The van der Waals surface area contributed by atoms with E-state index in [1.165, 1.54) is 11.1 Å². The fourth-order valence-electron chi connectivity index (χ4n) is 2.54. The molecule has 3 nitrogen and oxygen atoms in total. The van der Waals surface area contributed by atoms with Crippen molar-refractivity contribution in [3.8, 4) is 0 Å². The molecule has 0 radical (unpaired) electrons. The highest BCUT2D eigenvalue weighted by molar-refractivity contribution is 5.84. The summed E-state index contributed by atoms with van der Waals surface area (Å²) in [6, 6.07) is 8.19. The molecule has 1 saturated heterocycles. The van der Waals surface area contributed by atoms with Gasteiger partial charge in [0.15, 0.2) is 0 Å². The monoisotopic (exact) mass is 246 g/mol. The van der Waals surface area contributed by atoms with Crippen molar-refractivity contribution in [3.63, 3.8) is 0 Å². The van der Waals surface area contributed by atoms with Crippen LogP contribution in [0, 0.1) is 12.8 Å². The van der Waals surface area contributed by atoms with Crippen LogP contribution in [0.3, 0.4) is 0 Å². The van der Waals surface area contributed by atoms with E-state index in [4.69, 9.17) is 0 Å². The van der Waals surface area contributed by atoms with E-state index < -0.39 is 0 Å². The molecular weight excluding hydrogens is 224 g/mol. The zero-order chi connectivity index (χ0) is 13.3. The molecule has 0 bridgehead atoms. The number of benzene rings is 1. The molecule has 1 aliphatic rings. The van der Waals surface area contributed by atoms with Crippen LogP contribution in [0.25, 0.3) is 0 Å². The Labute approximate surface area is 109 Å². The van der Waals surface area contributed by atoms with Gasteiger partial charge in [-0.1, -0.05) is 44.5 Å². The predicted octanol–water partition coefficient (Wildman–Crippen LogP) is 2.47. The zero-order valence-corrected chi connectivity index (χ0v) is 11.6. The van der Waals surface area contributed by atoms with Crippen LogP contribution < -0.4 is 5.32 Å². The number of carbonyl (C=O) groups excluding carboxylic acids is 1. The molecule has 0 aromatic heterocycles. The number of likely N-dealkylation sites (N-methyl/N-ethyl adjacent to an activating group) is 1. The molecule has 3 unspecified atom stereocenters. The van der Waals surface area contributed by atoms with Crippen molar-refractivity contribution in [1.29, 1.82) is 0 Å². The van der Waals surface area contributed by atoms with E-state index >= 15 is 0 Å². The molecule has 1 aromatic rings. The molecule has 3 atom stereocenters. The van der Waals surface area contributed by atoms with Gasteiger partial charge in [0.1, 0.15) is 6.17 Å². The first kappa shape index (κ1) is 13.1. The fourth-order valence-corrected chi connectivity index (χ4v) is 2.54. The Balaban J connectivity index is 2.27. The second-order valence-corrected chi connectivity index (χ2v) is 5.24. The van der Waals surface area contributed by atoms with Gasteiger partial charge in [-0.25, -0.2) is 0 Å². The molecule has 18 heavy (non-hydrogen) atoms. The molecular formula is C15H22N2O. The average Bonchev–Trinajstić information content (AvgIpc) is 2.67. The van der Waals surface area contributed by atoms with Gasteiger partial charge in [-0.15, -0.1) is 0 Å². The van der Waals surface area contributed by atoms with Crippen LogP contribution in [0.4, 0.5) is 0 Å². The number of rotatable bonds is 3. The first-order valence-electron chi connectivity index (χ1n) is 6.64. The number of carbonyl (C=O) groups is 1. The number of hydrogen-bond acceptors (Lipinski definition) is 2. The maximum Gasteiger partial charge on any atom is 0.241 e. The minimum absolute atomic E-state index is 0.0118. The topological polar surface area (TPSA) is 32.3 Å². The largest absolute Gasteiger partial charge is 0.325 e. The van der Waals surface area contributed by atoms with Crippen molar-refractivity contribution in [2.45, 2.75) is 39.4 Å². The van der Waals surface area contributed by atoms with E-state index in [1.54, 1.807) is 0 Å². The molecule has 1 amide bonds. The summed E-state index contributed by atoms with van der Waals surface area (Å²) < 4.78 is 0. The third-order valence-electron chi connectivity index (χ3n) is 4.03. The van der Waals surface area contributed by atoms with Gasteiger partial charge < -0.3 is 4.90 Å². The Morgan fingerprint density at radius 3 is 2.67 bits per heavy atom. The Hall–Kier alpha value is -1.35. The summed E-state index contributed by atoms with van der Waals surface area (Å²) in [6.07, 6.45) is 1.02. The van der Waals surface area contributed by atoms with Gasteiger partial charge in [-0.05, 0) is 24.0 Å². The SMILES string of the molecule is CCC(C)C1NC(c2ccccc2C)N(C)C1=O. The van der Waals surface area contributed by atoms with E-state index in [2.05, 4.69) is 38.2 Å². The zero-order valence-electron chi connectivity index (χ0n) is 11.6. The first-order chi connectivity index (χ1) is 8.56. The molecule has 1 aliphatic heterocycles. The van der Waals surface area contributed by atoms with Crippen LogP contribution in [-0.4, -0.2) is 23.9 Å². The number of nitrogens with one attached hydrogen (secondary N) is 1. The second kappa shape index (κ2) is 5.11. The summed E-state index contributed by atoms with van der Waals surface area (Å²) in [4.78, 5) is 14.1. The van der Waals surface area contributed by atoms with Gasteiger partial charge >= 0.3 is 0 Å². The maximum absolute atomic E-state index is 12.3. The summed E-state index contributed by atoms with van der Waals surface area (Å²) in [5.74, 6) is 0.576. The molecule has 1 fully saturated rings. The average molecular weight is 246 g/mol. The minimum atomic E-state index is -0.0513. The highest BCUT2D eigenvalue weighted by Crippen LogP contribution is 2.29. The Morgan fingerprint density at radius 2 is 2.06 bits per heavy atom. The molecule has 1 heterocycles. The van der Waals surface area contributed by atoms with Crippen LogP contribution in [0.2, 0.25) is 0 Å². The number of aryl methyl sites for hydroxylation is 1. The standard InChI is InChI=1S/C15H22N2O/c1-5-10(2)13-15(18)17(4)14(16-13)12-9-7-6-8-11(12)3/h6-10,13-14,16H,5H2,1-4H3. The van der Waals surface area contributed by atoms with Crippen LogP contribution in [0.1, 0.15) is 37.6 Å². The lowest BCUT2D eigenvalue weighted by atomic mass is 9.99. The highest BCUT2D eigenvalue weighted by Gasteiger charge is 2.39. The van der Waals surface area contributed by atoms with Crippen molar-refractivity contribution in [2.75, 3.05) is 7.05 Å². The van der Waals surface area contributed by atoms with Crippen LogP contribution in [-0.2, 0) is 4.79 Å². The molecule has 3 heteroatoms. The van der Waals surface area contributed by atoms with E-state index in [0.717, 1.165) is 6.42 Å². The van der Waals surface area contributed by atoms with Gasteiger partial charge in [0.25, 0.3) is 0 Å². The highest BCUT2D eigenvalue weighted by atomic mass is 16.2. The fraction of sp³-hybridized carbons (Fsp3) is 0.533. The van der Waals surface area contributed by atoms with Crippen LogP contribution in [0.5, 0.6) is 0 Å². The van der Waals surface area contributed by atoms with Crippen LogP contribution in [0.15, 0.2) is 24.3 Å². The lowest BCUT2D eigenvalue weighted by Gasteiger charge is -2.21. The van der Waals surface area contributed by atoms with E-state index in [-0.39, 0.29) is 18.1 Å². The quantitative estimate of drug-likeness (QED) is 0.888. The van der Waals surface area contributed by atoms with Gasteiger partial charge in [0.2, 0.25) is 5.91 Å². The van der Waals surface area contributed by atoms with E-state index in [1.807, 2.05) is 24.1 Å². The van der Waals surface area contributed by atoms with Gasteiger partial charge in [0, 0.05) is 7.05 Å². The lowest BCUT2D eigenvalue weighted by molar-refractivity contribution is -0.129. The number of hydrogen-bond donors (Lipinski definition) is 1. The summed E-state index contributed by atoms with van der Waals surface area (Å²) in [5, 5.41) is 3.47. The second-order valence-electron chi connectivity index (χ2n) is 5.24. The molecule has 0 aliphatic carbocycles. The molecule has 98 valence electrons. The van der Waals surface area contributed by atoms with Crippen molar-refractivity contribution in [2.24, 2.45) is 5.92 Å². The lowest BCUT2D eigenvalue weighted by Crippen LogP contribution is -2.35. The Kier molecular flexibility index (Phi) is 3.71. The molecule has 2 rings (SSSR count). The summed E-state index contributed by atoms with van der Waals surface area (Å²) in [7, 11) is 1.88. The minimum Gasteiger partial charge on any atom is -0.325 e. The van der Waals surface area contributed by atoms with Crippen LogP contribution >= 0.6 is 0 Å². The van der Waals surface area contributed by atoms with Crippen molar-refractivity contribution in [3.05, 3.63) is 35.4 Å². The van der Waals surface area contributed by atoms with Gasteiger partial charge in [0.05, 0.1) is 6.04 Å². The smallest absolute Gasteiger partial charge is 0.241 e. The van der Waals surface area contributed by atoms with Crippen molar-refractivity contribution in [1.82, 2.24) is 10.2 Å². The summed E-state index contributed by atoms with van der Waals surface area (Å²) >= 11 is 0. The third-order valence-corrected chi connectivity index (χ3v) is 4.03. The summed E-state index contributed by atoms with van der Waals surface area (Å²) in [5.41, 5.74) is 2.42. The Bertz CT molecular complexity index is 444. The molecule has 0 spiro atoms. The molecule has 0 saturated carbocycles. The molecule has 1 N–H and O–H groups in total. The number of nitrogens with zero attached hydrogens (tertiary/aromatic N) is 1. The number of amides is 1.